The zero-order valence-electron chi connectivity index (χ0n) is 15.5. The summed E-state index contributed by atoms with van der Waals surface area (Å²) in [4.78, 5) is 24.9. The minimum Gasteiger partial charge on any atom is -0.496 e. The number of carbonyl (C=O) groups excluding carboxylic acids is 2. The summed E-state index contributed by atoms with van der Waals surface area (Å²) in [6, 6.07) is 18.5. The van der Waals surface area contributed by atoms with Crippen molar-refractivity contribution in [3.8, 4) is 5.75 Å². The Bertz CT molecular complexity index is 979. The normalized spacial score (nSPS) is 11.7. The molecule has 0 aromatic heterocycles. The van der Waals surface area contributed by atoms with Crippen LogP contribution in [-0.4, -0.2) is 25.1 Å². The van der Waals surface area contributed by atoms with Crippen LogP contribution in [0.1, 0.15) is 22.8 Å². The second-order valence-electron chi connectivity index (χ2n) is 6.30. The molecule has 0 fully saturated rings. The molecule has 0 aliphatic carbocycles. The summed E-state index contributed by atoms with van der Waals surface area (Å²) in [5.74, 6) is -0.596. The molecule has 1 atom stereocenters. The fourth-order valence-electron chi connectivity index (χ4n) is 2.71. The standard InChI is InChI=1S/C22H21NO4/c1-14-8-10-18(11-9-14)23-21(24)15(2)27-22(25)19-12-16-6-4-5-7-17(16)13-20(19)26-3/h4-13,15H,1-3H3,(H,23,24)/t15-/m1/s1. The largest absolute Gasteiger partial charge is 0.496 e. The number of aryl methyl sites for hydroxylation is 1. The van der Waals surface area contributed by atoms with Crippen LogP contribution >= 0.6 is 0 Å². The average molecular weight is 363 g/mol. The molecule has 1 amide bonds. The molecule has 0 bridgehead atoms. The van der Waals surface area contributed by atoms with E-state index in [1.54, 1.807) is 24.3 Å². The molecule has 27 heavy (non-hydrogen) atoms. The van der Waals surface area contributed by atoms with E-state index in [0.717, 1.165) is 16.3 Å². The molecule has 3 aromatic rings. The number of ether oxygens (including phenoxy) is 2. The molecule has 0 radical (unpaired) electrons. The summed E-state index contributed by atoms with van der Waals surface area (Å²) in [5, 5.41) is 4.58. The minimum absolute atomic E-state index is 0.284. The third kappa shape index (κ3) is 4.26. The Labute approximate surface area is 157 Å². The molecule has 0 saturated carbocycles. The van der Waals surface area contributed by atoms with Crippen molar-refractivity contribution < 1.29 is 19.1 Å². The molecule has 0 aliphatic heterocycles. The van der Waals surface area contributed by atoms with E-state index in [4.69, 9.17) is 9.47 Å². The van der Waals surface area contributed by atoms with Crippen molar-refractivity contribution in [2.75, 3.05) is 12.4 Å². The van der Waals surface area contributed by atoms with Crippen molar-refractivity contribution in [3.05, 3.63) is 71.8 Å². The maximum atomic E-state index is 12.6. The van der Waals surface area contributed by atoms with Crippen LogP contribution in [0.4, 0.5) is 5.69 Å². The summed E-state index contributed by atoms with van der Waals surface area (Å²) in [6.45, 7) is 3.50. The predicted octanol–water partition coefficient (Wildman–Crippen LogP) is 4.34. The van der Waals surface area contributed by atoms with Gasteiger partial charge >= 0.3 is 5.97 Å². The monoisotopic (exact) mass is 363 g/mol. The summed E-state index contributed by atoms with van der Waals surface area (Å²) >= 11 is 0. The number of anilines is 1. The molecular weight excluding hydrogens is 342 g/mol. The van der Waals surface area contributed by atoms with E-state index in [1.165, 1.54) is 14.0 Å². The van der Waals surface area contributed by atoms with E-state index >= 15 is 0 Å². The number of esters is 1. The van der Waals surface area contributed by atoms with Gasteiger partial charge in [0.1, 0.15) is 11.3 Å². The average Bonchev–Trinajstić information content (AvgIpc) is 2.68. The first kappa shape index (κ1) is 18.5. The molecule has 5 nitrogen and oxygen atoms in total. The molecular formula is C22H21NO4. The van der Waals surface area contributed by atoms with Crippen LogP contribution in [0.2, 0.25) is 0 Å². The number of hydrogen-bond donors (Lipinski definition) is 1. The Morgan fingerprint density at radius 3 is 2.22 bits per heavy atom. The van der Waals surface area contributed by atoms with Gasteiger partial charge in [0, 0.05) is 5.69 Å². The third-order valence-corrected chi connectivity index (χ3v) is 4.26. The summed E-state index contributed by atoms with van der Waals surface area (Å²) in [6.07, 6.45) is -0.949. The lowest BCUT2D eigenvalue weighted by molar-refractivity contribution is -0.123. The molecule has 3 aromatic carbocycles. The Balaban J connectivity index is 1.74. The maximum Gasteiger partial charge on any atom is 0.342 e. The number of benzene rings is 3. The van der Waals surface area contributed by atoms with Crippen LogP contribution < -0.4 is 10.1 Å². The van der Waals surface area contributed by atoms with Crippen molar-refractivity contribution in [1.82, 2.24) is 0 Å². The lowest BCUT2D eigenvalue weighted by Gasteiger charge is -2.15. The number of hydrogen-bond acceptors (Lipinski definition) is 4. The molecule has 5 heteroatoms. The van der Waals surface area contributed by atoms with E-state index in [-0.39, 0.29) is 5.56 Å². The van der Waals surface area contributed by atoms with Gasteiger partial charge in [0.2, 0.25) is 0 Å². The van der Waals surface area contributed by atoms with Gasteiger partial charge in [-0.05, 0) is 48.9 Å². The van der Waals surface area contributed by atoms with Crippen LogP contribution in [0, 0.1) is 6.92 Å². The van der Waals surface area contributed by atoms with E-state index in [2.05, 4.69) is 5.32 Å². The molecule has 0 saturated heterocycles. The van der Waals surface area contributed by atoms with Crippen LogP contribution in [0.5, 0.6) is 5.75 Å². The van der Waals surface area contributed by atoms with Crippen molar-refractivity contribution in [1.29, 1.82) is 0 Å². The molecule has 138 valence electrons. The van der Waals surface area contributed by atoms with Gasteiger partial charge < -0.3 is 14.8 Å². The smallest absolute Gasteiger partial charge is 0.342 e. The van der Waals surface area contributed by atoms with Crippen LogP contribution in [0.3, 0.4) is 0 Å². The zero-order chi connectivity index (χ0) is 19.4. The maximum absolute atomic E-state index is 12.6. The lowest BCUT2D eigenvalue weighted by atomic mass is 10.1. The SMILES string of the molecule is COc1cc2ccccc2cc1C(=O)O[C@H](C)C(=O)Nc1ccc(C)cc1. The molecule has 0 unspecified atom stereocenters. The number of rotatable bonds is 5. The van der Waals surface area contributed by atoms with E-state index < -0.39 is 18.0 Å². The van der Waals surface area contributed by atoms with Gasteiger partial charge in [-0.2, -0.15) is 0 Å². The molecule has 0 heterocycles. The van der Waals surface area contributed by atoms with Crippen molar-refractivity contribution in [3.63, 3.8) is 0 Å². The highest BCUT2D eigenvalue weighted by Crippen LogP contribution is 2.27. The second kappa shape index (κ2) is 7.91. The lowest BCUT2D eigenvalue weighted by Crippen LogP contribution is -2.30. The quantitative estimate of drug-likeness (QED) is 0.685. The first-order valence-electron chi connectivity index (χ1n) is 8.63. The van der Waals surface area contributed by atoms with Gasteiger partial charge in [0.25, 0.3) is 5.91 Å². The minimum atomic E-state index is -0.949. The Hall–Kier alpha value is -3.34. The molecule has 1 N–H and O–H groups in total. The molecule has 3 rings (SSSR count). The van der Waals surface area contributed by atoms with Gasteiger partial charge in [0.05, 0.1) is 7.11 Å². The van der Waals surface area contributed by atoms with Crippen LogP contribution in [-0.2, 0) is 9.53 Å². The summed E-state index contributed by atoms with van der Waals surface area (Å²) in [7, 11) is 1.49. The van der Waals surface area contributed by atoms with Gasteiger partial charge in [-0.3, -0.25) is 4.79 Å². The van der Waals surface area contributed by atoms with Gasteiger partial charge in [-0.25, -0.2) is 4.79 Å². The first-order chi connectivity index (χ1) is 13.0. The third-order valence-electron chi connectivity index (χ3n) is 4.26. The van der Waals surface area contributed by atoms with Crippen molar-refractivity contribution in [2.45, 2.75) is 20.0 Å². The number of fused-ring (bicyclic) bond motifs is 1. The number of nitrogens with one attached hydrogen (secondary N) is 1. The van der Waals surface area contributed by atoms with Crippen molar-refractivity contribution in [2.24, 2.45) is 0 Å². The van der Waals surface area contributed by atoms with Gasteiger partial charge in [-0.15, -0.1) is 0 Å². The fourth-order valence-corrected chi connectivity index (χ4v) is 2.71. The number of carbonyl (C=O) groups is 2. The highest BCUT2D eigenvalue weighted by atomic mass is 16.5. The number of methoxy groups -OCH3 is 1. The topological polar surface area (TPSA) is 64.6 Å². The van der Waals surface area contributed by atoms with Gasteiger partial charge in [0.15, 0.2) is 6.10 Å². The molecule has 0 spiro atoms. The second-order valence-corrected chi connectivity index (χ2v) is 6.30. The highest BCUT2D eigenvalue weighted by Gasteiger charge is 2.22. The van der Waals surface area contributed by atoms with Crippen LogP contribution in [0.15, 0.2) is 60.7 Å². The van der Waals surface area contributed by atoms with E-state index in [9.17, 15) is 9.59 Å². The van der Waals surface area contributed by atoms with Crippen LogP contribution in [0.25, 0.3) is 10.8 Å². The van der Waals surface area contributed by atoms with E-state index in [1.807, 2.05) is 43.3 Å². The zero-order valence-corrected chi connectivity index (χ0v) is 15.5. The van der Waals surface area contributed by atoms with Crippen molar-refractivity contribution >= 4 is 28.3 Å². The summed E-state index contributed by atoms with van der Waals surface area (Å²) < 4.78 is 10.7. The Morgan fingerprint density at radius 1 is 0.963 bits per heavy atom. The first-order valence-corrected chi connectivity index (χ1v) is 8.63. The molecule has 0 aliphatic rings. The Morgan fingerprint density at radius 2 is 1.59 bits per heavy atom. The highest BCUT2D eigenvalue weighted by molar-refractivity contribution is 6.01. The summed E-state index contributed by atoms with van der Waals surface area (Å²) in [5.41, 5.74) is 2.03. The Kier molecular flexibility index (Phi) is 5.41. The fraction of sp³-hybridized carbons (Fsp3) is 0.182. The van der Waals surface area contributed by atoms with E-state index in [0.29, 0.717) is 11.4 Å². The number of amides is 1. The predicted molar refractivity (Wildman–Crippen MR) is 105 cm³/mol. The van der Waals surface area contributed by atoms with Gasteiger partial charge in [-0.1, -0.05) is 42.0 Å².